The first-order valence-electron chi connectivity index (χ1n) is 9.77. The minimum atomic E-state index is -0.800. The van der Waals surface area contributed by atoms with Crippen molar-refractivity contribution in [2.75, 3.05) is 18.1 Å². The molecule has 9 heteroatoms. The molecule has 1 fully saturated rings. The Labute approximate surface area is 193 Å². The van der Waals surface area contributed by atoms with Crippen LogP contribution in [0.1, 0.15) is 23.6 Å². The molecule has 0 saturated carbocycles. The number of imide groups is 2. The lowest BCUT2D eigenvalue weighted by atomic mass is 10.1. The number of hydrogen-bond acceptors (Lipinski definition) is 6. The number of urea groups is 1. The summed E-state index contributed by atoms with van der Waals surface area (Å²) in [6.07, 6.45) is 1.39. The van der Waals surface area contributed by atoms with Gasteiger partial charge < -0.3 is 9.47 Å². The number of hydrogen-bond donors (Lipinski definition) is 1. The Kier molecular flexibility index (Phi) is 7.09. The number of benzene rings is 2. The number of barbiturate groups is 1. The number of rotatable bonds is 6. The van der Waals surface area contributed by atoms with Crippen molar-refractivity contribution in [3.63, 3.8) is 0 Å². The number of carbonyl (C=O) groups excluding carboxylic acids is 4. The van der Waals surface area contributed by atoms with Crippen molar-refractivity contribution >= 4 is 51.5 Å². The Morgan fingerprint density at radius 3 is 2.41 bits per heavy atom. The molecule has 3 rings (SSSR count). The fourth-order valence-electron chi connectivity index (χ4n) is 3.20. The van der Waals surface area contributed by atoms with E-state index >= 15 is 0 Å². The van der Waals surface area contributed by atoms with E-state index in [4.69, 9.17) is 9.47 Å². The van der Waals surface area contributed by atoms with Crippen molar-refractivity contribution in [2.24, 2.45) is 0 Å². The molecule has 0 radical (unpaired) electrons. The van der Waals surface area contributed by atoms with Gasteiger partial charge in [-0.15, -0.1) is 0 Å². The van der Waals surface area contributed by atoms with Crippen LogP contribution in [0.2, 0.25) is 0 Å². The molecule has 0 atom stereocenters. The minimum Gasteiger partial charge on any atom is -0.481 e. The highest BCUT2D eigenvalue weighted by molar-refractivity contribution is 9.10. The number of aryl methyl sites for hydroxylation is 2. The zero-order valence-corrected chi connectivity index (χ0v) is 19.3. The molecular formula is C23H21BrN2O6. The molecule has 1 saturated heterocycles. The Morgan fingerprint density at radius 2 is 1.78 bits per heavy atom. The van der Waals surface area contributed by atoms with Gasteiger partial charge in [0, 0.05) is 0 Å². The highest BCUT2D eigenvalue weighted by atomic mass is 79.9. The number of anilines is 1. The number of ether oxygens (including phenoxy) is 2. The van der Waals surface area contributed by atoms with Gasteiger partial charge in [0.05, 0.1) is 16.8 Å². The van der Waals surface area contributed by atoms with E-state index in [0.29, 0.717) is 21.5 Å². The number of nitrogens with zero attached hydrogens (tertiary/aromatic N) is 1. The zero-order valence-electron chi connectivity index (χ0n) is 17.7. The van der Waals surface area contributed by atoms with Gasteiger partial charge in [-0.3, -0.25) is 14.9 Å². The van der Waals surface area contributed by atoms with Gasteiger partial charge in [0.25, 0.3) is 11.8 Å². The molecule has 2 aromatic carbocycles. The Bertz CT molecular complexity index is 1120. The minimum absolute atomic E-state index is 0.184. The predicted molar refractivity (Wildman–Crippen MR) is 121 cm³/mol. The van der Waals surface area contributed by atoms with E-state index in [-0.39, 0.29) is 18.8 Å². The van der Waals surface area contributed by atoms with Crippen molar-refractivity contribution in [1.82, 2.24) is 5.32 Å². The fourth-order valence-corrected chi connectivity index (χ4v) is 3.71. The highest BCUT2D eigenvalue weighted by Crippen LogP contribution is 2.28. The smallest absolute Gasteiger partial charge is 0.344 e. The summed E-state index contributed by atoms with van der Waals surface area (Å²) in [5, 5.41) is 2.21. The summed E-state index contributed by atoms with van der Waals surface area (Å²) in [5.74, 6) is -1.60. The third kappa shape index (κ3) is 5.23. The maximum absolute atomic E-state index is 13.1. The molecule has 0 spiro atoms. The predicted octanol–water partition coefficient (Wildman–Crippen LogP) is 3.67. The van der Waals surface area contributed by atoms with E-state index in [0.717, 1.165) is 16.0 Å². The van der Waals surface area contributed by atoms with Crippen molar-refractivity contribution in [3.05, 3.63) is 63.1 Å². The summed E-state index contributed by atoms with van der Waals surface area (Å²) in [5.41, 5.74) is 2.48. The first-order chi connectivity index (χ1) is 15.2. The van der Waals surface area contributed by atoms with Crippen LogP contribution in [0.15, 0.2) is 46.4 Å². The average molecular weight is 501 g/mol. The van der Waals surface area contributed by atoms with Gasteiger partial charge in [-0.05, 0) is 83.7 Å². The molecular weight excluding hydrogens is 480 g/mol. The van der Waals surface area contributed by atoms with Gasteiger partial charge in [0.1, 0.15) is 11.3 Å². The molecule has 1 N–H and O–H groups in total. The summed E-state index contributed by atoms with van der Waals surface area (Å²) in [6, 6.07) is 9.36. The molecule has 8 nitrogen and oxygen atoms in total. The first kappa shape index (κ1) is 23.2. The number of nitrogens with one attached hydrogen (secondary N) is 1. The summed E-state index contributed by atoms with van der Waals surface area (Å²) in [4.78, 5) is 50.2. The molecule has 166 valence electrons. The van der Waals surface area contributed by atoms with Crippen molar-refractivity contribution in [3.8, 4) is 5.75 Å². The normalized spacial score (nSPS) is 15.1. The molecule has 0 aliphatic carbocycles. The quantitative estimate of drug-likeness (QED) is 0.368. The molecule has 2 aromatic rings. The number of carbonyl (C=O) groups is 4. The van der Waals surface area contributed by atoms with Gasteiger partial charge in [0.2, 0.25) is 0 Å². The first-order valence-corrected chi connectivity index (χ1v) is 10.6. The van der Waals surface area contributed by atoms with E-state index in [1.165, 1.54) is 6.08 Å². The van der Waals surface area contributed by atoms with E-state index in [1.807, 2.05) is 19.9 Å². The Hall–Kier alpha value is -3.46. The second kappa shape index (κ2) is 9.78. The fraction of sp³-hybridized carbons (Fsp3) is 0.217. The number of amides is 4. The largest absolute Gasteiger partial charge is 0.481 e. The number of halogens is 1. The van der Waals surface area contributed by atoms with E-state index in [9.17, 15) is 19.2 Å². The van der Waals surface area contributed by atoms with Gasteiger partial charge in [-0.2, -0.15) is 0 Å². The molecule has 4 amide bonds. The van der Waals surface area contributed by atoms with Crippen LogP contribution in [0.25, 0.3) is 6.08 Å². The third-order valence-corrected chi connectivity index (χ3v) is 5.10. The summed E-state index contributed by atoms with van der Waals surface area (Å²) in [6.45, 7) is 5.42. The van der Waals surface area contributed by atoms with Crippen molar-refractivity contribution < 1.29 is 28.7 Å². The maximum atomic E-state index is 13.1. The van der Waals surface area contributed by atoms with Crippen LogP contribution >= 0.6 is 15.9 Å². The molecule has 1 heterocycles. The second-order valence-electron chi connectivity index (χ2n) is 7.09. The van der Waals surface area contributed by atoms with Crippen molar-refractivity contribution in [2.45, 2.75) is 20.8 Å². The van der Waals surface area contributed by atoms with E-state index in [2.05, 4.69) is 21.2 Å². The third-order valence-electron chi connectivity index (χ3n) is 4.48. The van der Waals surface area contributed by atoms with Crippen LogP contribution in [-0.4, -0.2) is 37.0 Å². The van der Waals surface area contributed by atoms with Gasteiger partial charge in [0.15, 0.2) is 6.61 Å². The second-order valence-corrected chi connectivity index (χ2v) is 7.94. The maximum Gasteiger partial charge on any atom is 0.344 e. The Balaban J connectivity index is 1.87. The summed E-state index contributed by atoms with van der Waals surface area (Å²) < 4.78 is 10.7. The standard InChI is InChI=1S/C23H21BrN2O6/c1-4-31-20(27)12-32-19-6-5-15(11-18(19)24)10-17-21(28)25-23(30)26(22(17)29)16-8-13(2)7-14(3)9-16/h5-11H,4,12H2,1-3H3,(H,25,28,30)/b17-10-. The van der Waals surface area contributed by atoms with Crippen LogP contribution in [0.3, 0.4) is 0 Å². The highest BCUT2D eigenvalue weighted by Gasteiger charge is 2.37. The van der Waals surface area contributed by atoms with Gasteiger partial charge >= 0.3 is 12.0 Å². The summed E-state index contributed by atoms with van der Waals surface area (Å²) in [7, 11) is 0. The van der Waals surface area contributed by atoms with Crippen LogP contribution in [-0.2, 0) is 19.1 Å². The van der Waals surface area contributed by atoms with Crippen LogP contribution in [0, 0.1) is 13.8 Å². The lowest BCUT2D eigenvalue weighted by molar-refractivity contribution is -0.145. The Morgan fingerprint density at radius 1 is 1.09 bits per heavy atom. The average Bonchev–Trinajstić information content (AvgIpc) is 2.70. The lowest BCUT2D eigenvalue weighted by Crippen LogP contribution is -2.54. The summed E-state index contributed by atoms with van der Waals surface area (Å²) >= 11 is 3.35. The zero-order chi connectivity index (χ0) is 23.4. The SMILES string of the molecule is CCOC(=O)COc1ccc(/C=C2/C(=O)NC(=O)N(c3cc(C)cc(C)c3)C2=O)cc1Br. The van der Waals surface area contributed by atoms with Crippen LogP contribution < -0.4 is 15.0 Å². The molecule has 1 aliphatic rings. The van der Waals surface area contributed by atoms with E-state index < -0.39 is 23.8 Å². The molecule has 32 heavy (non-hydrogen) atoms. The molecule has 0 bridgehead atoms. The van der Waals surface area contributed by atoms with E-state index in [1.54, 1.807) is 37.3 Å². The topological polar surface area (TPSA) is 102 Å². The van der Waals surface area contributed by atoms with Gasteiger partial charge in [-0.1, -0.05) is 12.1 Å². The lowest BCUT2D eigenvalue weighted by Gasteiger charge is -2.27. The molecule has 0 aromatic heterocycles. The number of esters is 1. The van der Waals surface area contributed by atoms with Gasteiger partial charge in [-0.25, -0.2) is 14.5 Å². The van der Waals surface area contributed by atoms with Crippen molar-refractivity contribution in [1.29, 1.82) is 0 Å². The molecule has 1 aliphatic heterocycles. The van der Waals surface area contributed by atoms with Crippen LogP contribution in [0.4, 0.5) is 10.5 Å². The monoisotopic (exact) mass is 500 g/mol. The molecule has 0 unspecified atom stereocenters. The van der Waals surface area contributed by atoms with Crippen LogP contribution in [0.5, 0.6) is 5.75 Å².